The predicted octanol–water partition coefficient (Wildman–Crippen LogP) is -3.59. The van der Waals surface area contributed by atoms with Crippen LogP contribution in [-0.4, -0.2) is 112 Å². The minimum Gasteiger partial charge on any atom is -0.441 e. The lowest BCUT2D eigenvalue weighted by Gasteiger charge is -2.36. The van der Waals surface area contributed by atoms with Crippen LogP contribution in [0.5, 0.6) is 0 Å². The summed E-state index contributed by atoms with van der Waals surface area (Å²) in [5, 5.41) is 69.6. The molecule has 7 N–H and O–H groups in total. The van der Waals surface area contributed by atoms with Crippen LogP contribution in [0.1, 0.15) is 0 Å². The van der Waals surface area contributed by atoms with E-state index in [2.05, 4.69) is 21.7 Å². The Morgan fingerprint density at radius 1 is 0.808 bits per heavy atom. The topological polar surface area (TPSA) is 179 Å². The highest BCUT2D eigenvalue weighted by Crippen LogP contribution is 2.22. The van der Waals surface area contributed by atoms with E-state index in [1.807, 2.05) is 0 Å². The van der Waals surface area contributed by atoms with Gasteiger partial charge in [-0.25, -0.2) is 0 Å². The molecule has 0 spiro atoms. The Hall–Kier alpha value is 1.43. The van der Waals surface area contributed by atoms with Crippen LogP contribution in [-0.2, 0) is 15.0 Å². The van der Waals surface area contributed by atoms with Crippen LogP contribution in [0.3, 0.4) is 0 Å². The molecule has 156 valence electrons. The lowest BCUT2D eigenvalue weighted by Crippen LogP contribution is -2.58. The molecule has 15 heteroatoms. The van der Waals surface area contributed by atoms with E-state index in [0.717, 1.165) is 0 Å². The normalized spacial score (nSPS) is 22.7. The minimum absolute atomic E-state index is 0.288. The van der Waals surface area contributed by atoms with E-state index >= 15 is 0 Å². The fourth-order valence-corrected chi connectivity index (χ4v) is 3.43. The molecule has 0 saturated heterocycles. The zero-order valence-corrected chi connectivity index (χ0v) is 18.8. The van der Waals surface area contributed by atoms with E-state index in [1.165, 1.54) is 54.1 Å². The number of hydrogen-bond acceptors (Lipinski definition) is 12. The molecule has 0 rings (SSSR count). The summed E-state index contributed by atoms with van der Waals surface area (Å²) in [6, 6.07) is 0. The molecule has 9 unspecified atom stereocenters. The standard InChI is InChI=1S/C11H23BI2O11S/c12-22-2-3(16)5(17)11(25-26)9(21)7(19)8(20)10(24-14)6(18)4(1-15)23-13/h3-11,15-21,26H,1-2,12H2. The van der Waals surface area contributed by atoms with Gasteiger partial charge in [0.15, 0.2) is 0 Å². The number of halogens is 2. The van der Waals surface area contributed by atoms with Gasteiger partial charge in [-0.3, -0.25) is 0 Å². The van der Waals surface area contributed by atoms with Crippen molar-refractivity contribution < 1.29 is 50.7 Å². The summed E-state index contributed by atoms with van der Waals surface area (Å²) < 4.78 is 19.0. The summed E-state index contributed by atoms with van der Waals surface area (Å²) in [5.74, 6) is 0. The van der Waals surface area contributed by atoms with Gasteiger partial charge in [0.05, 0.1) is 13.2 Å². The van der Waals surface area contributed by atoms with Gasteiger partial charge in [-0.1, -0.05) is 0 Å². The van der Waals surface area contributed by atoms with Gasteiger partial charge in [0.1, 0.15) is 101 Å². The first-order chi connectivity index (χ1) is 12.2. The average Bonchev–Trinajstić information content (AvgIpc) is 2.63. The molecule has 0 bridgehead atoms. The molecular formula is C11H23BI2O11S. The van der Waals surface area contributed by atoms with Crippen molar-refractivity contribution in [2.45, 2.75) is 54.9 Å². The van der Waals surface area contributed by atoms with Crippen molar-refractivity contribution in [1.29, 1.82) is 0 Å². The van der Waals surface area contributed by atoms with Gasteiger partial charge < -0.3 is 50.7 Å². The van der Waals surface area contributed by atoms with Crippen molar-refractivity contribution in [2.75, 3.05) is 13.2 Å². The van der Waals surface area contributed by atoms with Crippen molar-refractivity contribution in [3.8, 4) is 0 Å². The molecule has 11 nitrogen and oxygen atoms in total. The first-order valence-electron chi connectivity index (χ1n) is 7.24. The Morgan fingerprint density at radius 2 is 1.35 bits per heavy atom. The van der Waals surface area contributed by atoms with E-state index in [1.54, 1.807) is 0 Å². The van der Waals surface area contributed by atoms with Crippen molar-refractivity contribution >= 4 is 67.0 Å². The quantitative estimate of drug-likeness (QED) is 0.0413. The molecule has 0 aromatic rings. The molecule has 0 aliphatic heterocycles. The van der Waals surface area contributed by atoms with E-state index < -0.39 is 61.5 Å². The first-order valence-corrected chi connectivity index (χ1v) is 9.37. The van der Waals surface area contributed by atoms with Gasteiger partial charge in [-0.05, 0) is 12.9 Å². The van der Waals surface area contributed by atoms with E-state index in [0.29, 0.717) is 0 Å². The molecule has 0 saturated carbocycles. The van der Waals surface area contributed by atoms with Crippen LogP contribution in [0, 0.1) is 0 Å². The number of rotatable bonds is 14. The Balaban J connectivity index is 5.22. The summed E-state index contributed by atoms with van der Waals surface area (Å²) in [6.07, 6.45) is -14.8. The number of thiol groups is 1. The Morgan fingerprint density at radius 3 is 1.73 bits per heavy atom. The maximum absolute atomic E-state index is 10.2. The Kier molecular flexibility index (Phi) is 15.2. The second-order valence-electron chi connectivity index (χ2n) is 5.41. The largest absolute Gasteiger partial charge is 0.441 e. The highest BCUT2D eigenvalue weighted by Gasteiger charge is 2.44. The Bertz CT molecular complexity index is 373. The number of hydrogen-bond donors (Lipinski definition) is 8. The molecule has 0 aromatic carbocycles. The van der Waals surface area contributed by atoms with Crippen LogP contribution >= 0.6 is 58.9 Å². The monoisotopic (exact) mass is 628 g/mol. The predicted molar refractivity (Wildman–Crippen MR) is 109 cm³/mol. The first kappa shape index (κ1) is 27.4. The second kappa shape index (κ2) is 14.4. The van der Waals surface area contributed by atoms with Gasteiger partial charge in [0, 0.05) is 0 Å². The molecule has 26 heavy (non-hydrogen) atoms. The fraction of sp³-hybridized carbons (Fsp3) is 1.00. The third kappa shape index (κ3) is 7.69. The Labute approximate surface area is 185 Å². The molecular weight excluding hydrogens is 605 g/mol. The van der Waals surface area contributed by atoms with Crippen molar-refractivity contribution in [3.63, 3.8) is 0 Å². The van der Waals surface area contributed by atoms with Gasteiger partial charge >= 0.3 is 0 Å². The minimum atomic E-state index is -1.99. The van der Waals surface area contributed by atoms with E-state index in [4.69, 9.17) is 11.2 Å². The molecule has 0 radical (unpaired) electrons. The van der Waals surface area contributed by atoms with Crippen molar-refractivity contribution in [3.05, 3.63) is 0 Å². The average molecular weight is 628 g/mol. The molecule has 0 amide bonds. The smallest absolute Gasteiger partial charge is 0.257 e. The van der Waals surface area contributed by atoms with Crippen LogP contribution in [0.15, 0.2) is 0 Å². The van der Waals surface area contributed by atoms with Crippen LogP contribution in [0.2, 0.25) is 0 Å². The summed E-state index contributed by atoms with van der Waals surface area (Å²) in [6.45, 7) is -0.889. The molecule has 0 aliphatic carbocycles. The zero-order chi connectivity index (χ0) is 20.4. The van der Waals surface area contributed by atoms with E-state index in [9.17, 15) is 30.6 Å². The van der Waals surface area contributed by atoms with Crippen LogP contribution in [0.25, 0.3) is 0 Å². The maximum atomic E-state index is 10.2. The van der Waals surface area contributed by atoms with Crippen molar-refractivity contribution in [1.82, 2.24) is 0 Å². The second-order valence-corrected chi connectivity index (χ2v) is 6.64. The van der Waals surface area contributed by atoms with Crippen LogP contribution < -0.4 is 0 Å². The summed E-state index contributed by atoms with van der Waals surface area (Å²) in [5.41, 5.74) is 0. The van der Waals surface area contributed by atoms with Crippen molar-refractivity contribution in [2.24, 2.45) is 0 Å². The third-order valence-electron chi connectivity index (χ3n) is 3.68. The summed E-state index contributed by atoms with van der Waals surface area (Å²) >= 11 is 6.29. The van der Waals surface area contributed by atoms with Gasteiger partial charge in [0.2, 0.25) is 0 Å². The molecule has 0 aromatic heterocycles. The highest BCUT2D eigenvalue weighted by molar-refractivity contribution is 14.1. The third-order valence-corrected chi connectivity index (χ3v) is 5.16. The molecule has 9 atom stereocenters. The van der Waals surface area contributed by atoms with Gasteiger partial charge in [0.25, 0.3) is 8.05 Å². The van der Waals surface area contributed by atoms with Gasteiger partial charge in [-0.2, -0.15) is 0 Å². The number of aliphatic hydroxyl groups is 7. The molecule has 0 heterocycles. The SMILES string of the molecule is BOCC(O)C(O)C(OS)C(O)C(O)C(O)C(OI)C(O)C(CO)OI. The maximum Gasteiger partial charge on any atom is 0.257 e. The lowest BCUT2D eigenvalue weighted by atomic mass is 9.92. The lowest BCUT2D eigenvalue weighted by molar-refractivity contribution is -0.167. The van der Waals surface area contributed by atoms with Gasteiger partial charge in [-0.15, -0.1) is 0 Å². The summed E-state index contributed by atoms with van der Waals surface area (Å²) in [7, 11) is 1.28. The fourth-order valence-electron chi connectivity index (χ4n) is 2.11. The van der Waals surface area contributed by atoms with E-state index in [-0.39, 0.29) is 6.61 Å². The highest BCUT2D eigenvalue weighted by atomic mass is 127. The summed E-state index contributed by atoms with van der Waals surface area (Å²) in [4.78, 5) is 0. The number of aliphatic hydroxyl groups excluding tert-OH is 7. The zero-order valence-electron chi connectivity index (χ0n) is 13.6. The molecule has 0 aliphatic rings. The molecule has 0 fully saturated rings. The van der Waals surface area contributed by atoms with Crippen LogP contribution in [0.4, 0.5) is 0 Å².